The van der Waals surface area contributed by atoms with Gasteiger partial charge in [-0.05, 0) is 26.2 Å². The van der Waals surface area contributed by atoms with Crippen LogP contribution in [0.4, 0.5) is 0 Å². The quantitative estimate of drug-likeness (QED) is 0.540. The molecule has 0 aliphatic heterocycles. The molecule has 0 saturated carbocycles. The summed E-state index contributed by atoms with van der Waals surface area (Å²) < 4.78 is 50.8. The Morgan fingerprint density at radius 1 is 0.947 bits per heavy atom. The van der Waals surface area contributed by atoms with E-state index in [9.17, 15) is 8.92 Å². The van der Waals surface area contributed by atoms with Crippen molar-refractivity contribution < 1.29 is 30.4 Å². The van der Waals surface area contributed by atoms with Gasteiger partial charge in [-0.2, -0.15) is 0 Å². The molecule has 0 aromatic carbocycles. The van der Waals surface area contributed by atoms with Crippen LogP contribution in [0.3, 0.4) is 0 Å². The third-order valence-corrected chi connectivity index (χ3v) is 21.7. The molecular weight excluding hydrogens is 337 g/mol. The van der Waals surface area contributed by atoms with E-state index in [2.05, 4.69) is 0 Å². The first kappa shape index (κ1) is 19.3. The topological polar surface area (TPSA) is 80.3 Å². The molecule has 0 aromatic heterocycles. The summed E-state index contributed by atoms with van der Waals surface area (Å²) in [6, 6.07) is 0. The zero-order valence-electron chi connectivity index (χ0n) is 12.4. The van der Waals surface area contributed by atoms with E-state index in [1.807, 2.05) is 13.1 Å². The average molecular weight is 359 g/mol. The Labute approximate surface area is 120 Å². The first-order chi connectivity index (χ1) is 8.64. The molecule has 112 valence electrons. The van der Waals surface area contributed by atoms with Crippen LogP contribution in [0.25, 0.3) is 0 Å². The summed E-state index contributed by atoms with van der Waals surface area (Å²) in [6.07, 6.45) is 0. The molecule has 0 radical (unpaired) electrons. The molecule has 0 aliphatic rings. The van der Waals surface area contributed by atoms with E-state index in [0.29, 0.717) is 0 Å². The molecule has 12 heteroatoms. The maximum atomic E-state index is 12.3. The second-order valence-corrected chi connectivity index (χ2v) is 22.0. The van der Waals surface area contributed by atoms with Crippen molar-refractivity contribution in [1.82, 2.24) is 0 Å². The van der Waals surface area contributed by atoms with E-state index in [1.54, 1.807) is 13.1 Å². The van der Waals surface area contributed by atoms with Crippen molar-refractivity contribution in [2.75, 3.05) is 21.3 Å². The van der Waals surface area contributed by atoms with Gasteiger partial charge in [-0.15, -0.1) is 0 Å². The van der Waals surface area contributed by atoms with Crippen LogP contribution in [-0.4, -0.2) is 63.4 Å². The van der Waals surface area contributed by atoms with E-state index < -0.39 is 42.1 Å². The summed E-state index contributed by atoms with van der Waals surface area (Å²) in [5.74, 6) is 0. The van der Waals surface area contributed by atoms with Crippen molar-refractivity contribution in [3.05, 3.63) is 0 Å². The second-order valence-electron chi connectivity index (χ2n) is 4.45. The molecular formula is C7H22O7Si5. The molecule has 0 N–H and O–H groups in total. The van der Waals surface area contributed by atoms with Gasteiger partial charge in [0.25, 0.3) is 0 Å². The largest absolute Gasteiger partial charge is 0.558 e. The van der Waals surface area contributed by atoms with Gasteiger partial charge in [-0.3, -0.25) is 0 Å². The van der Waals surface area contributed by atoms with Crippen molar-refractivity contribution in [1.29, 1.82) is 0 Å². The van der Waals surface area contributed by atoms with Crippen LogP contribution in [0.15, 0.2) is 0 Å². The first-order valence-corrected chi connectivity index (χ1v) is 17.8. The molecule has 7 nitrogen and oxygen atoms in total. The summed E-state index contributed by atoms with van der Waals surface area (Å²) in [6.45, 7) is 7.56. The van der Waals surface area contributed by atoms with Gasteiger partial charge in [0.05, 0.1) is 0 Å². The Morgan fingerprint density at radius 2 is 1.37 bits per heavy atom. The Hall–Kier alpha value is 0.324. The van der Waals surface area contributed by atoms with Crippen molar-refractivity contribution in [3.63, 3.8) is 0 Å². The van der Waals surface area contributed by atoms with Crippen LogP contribution in [-0.2, 0) is 30.4 Å². The van der Waals surface area contributed by atoms with Crippen molar-refractivity contribution >= 4 is 42.1 Å². The average Bonchev–Trinajstić information content (AvgIpc) is 2.29. The van der Waals surface area contributed by atoms with Gasteiger partial charge >= 0.3 is 33.0 Å². The van der Waals surface area contributed by atoms with Crippen LogP contribution in [0.1, 0.15) is 0 Å². The van der Waals surface area contributed by atoms with Crippen LogP contribution < -0.4 is 0 Å². The fraction of sp³-hybridized carbons (Fsp3) is 1.00. The third kappa shape index (κ3) is 5.68. The lowest BCUT2D eigenvalue weighted by Gasteiger charge is -2.27. The van der Waals surface area contributed by atoms with Crippen molar-refractivity contribution in [2.24, 2.45) is 0 Å². The van der Waals surface area contributed by atoms with Gasteiger partial charge in [0.2, 0.25) is 0 Å². The Bertz CT molecular complexity index is 322. The number of rotatable bonds is 9. The highest BCUT2D eigenvalue weighted by Gasteiger charge is 2.57. The fourth-order valence-electron chi connectivity index (χ4n) is 1.51. The molecule has 0 aliphatic carbocycles. The summed E-state index contributed by atoms with van der Waals surface area (Å²) >= 11 is 0. The minimum Gasteiger partial charge on any atom is -0.558 e. The number of hydrogen-bond acceptors (Lipinski definition) is 7. The van der Waals surface area contributed by atoms with E-state index in [-0.39, 0.29) is 0 Å². The molecule has 0 spiro atoms. The summed E-state index contributed by atoms with van der Waals surface area (Å²) in [5.41, 5.74) is 0. The van der Waals surface area contributed by atoms with Crippen LogP contribution >= 0.6 is 0 Å². The maximum absolute atomic E-state index is 12.3. The smallest absolute Gasteiger partial charge is 0.548 e. The molecule has 0 bridgehead atoms. The molecule has 0 atom stereocenters. The molecule has 0 amide bonds. The Balaban J connectivity index is 4.88. The Morgan fingerprint density at radius 3 is 1.68 bits per heavy atom. The molecule has 0 rings (SSSR count). The summed E-state index contributed by atoms with van der Waals surface area (Å²) in [5, 5.41) is 0. The molecule has 0 unspecified atom stereocenters. The Kier molecular flexibility index (Phi) is 8.07. The van der Waals surface area contributed by atoms with Gasteiger partial charge in [-0.1, -0.05) is 0 Å². The highest BCUT2D eigenvalue weighted by molar-refractivity contribution is 7.41. The second kappa shape index (κ2) is 7.94. The highest BCUT2D eigenvalue weighted by Crippen LogP contribution is 2.12. The first-order valence-electron chi connectivity index (χ1n) is 5.75. The lowest BCUT2D eigenvalue weighted by Crippen LogP contribution is -2.59. The number of hydrogen-bond donors (Lipinski definition) is 0. The van der Waals surface area contributed by atoms with E-state index >= 15 is 0 Å². The molecule has 0 fully saturated rings. The van der Waals surface area contributed by atoms with Gasteiger partial charge in [-0.25, -0.2) is 0 Å². The monoisotopic (exact) mass is 358 g/mol. The lowest BCUT2D eigenvalue weighted by molar-refractivity contribution is 0.145. The van der Waals surface area contributed by atoms with Crippen LogP contribution in [0.5, 0.6) is 0 Å². The van der Waals surface area contributed by atoms with Gasteiger partial charge in [0.1, 0.15) is 0 Å². The van der Waals surface area contributed by atoms with Gasteiger partial charge in [0, 0.05) is 21.3 Å². The van der Waals surface area contributed by atoms with Crippen molar-refractivity contribution in [3.8, 4) is 0 Å². The predicted octanol–water partition coefficient (Wildman–Crippen LogP) is 0.0804. The highest BCUT2D eigenvalue weighted by atomic mass is 29.6. The zero-order valence-corrected chi connectivity index (χ0v) is 17.6. The minimum atomic E-state index is -3.39. The maximum Gasteiger partial charge on any atom is 0.548 e. The van der Waals surface area contributed by atoms with Gasteiger partial charge < -0.3 is 30.4 Å². The van der Waals surface area contributed by atoms with E-state index in [0.717, 1.165) is 0 Å². The molecule has 19 heavy (non-hydrogen) atoms. The normalized spacial score (nSPS) is 12.6. The standard InChI is InChI=1S/C7H22O7Si5/c1-10-19(11-2,12-3)17(9)16(8)14-18(6,7)13-15(4)5/h15H,1-7H3. The van der Waals surface area contributed by atoms with Gasteiger partial charge in [0.15, 0.2) is 9.04 Å². The van der Waals surface area contributed by atoms with Crippen molar-refractivity contribution in [2.45, 2.75) is 26.2 Å². The van der Waals surface area contributed by atoms with Crippen LogP contribution in [0, 0.1) is 0 Å². The molecule has 0 saturated heterocycles. The predicted molar refractivity (Wildman–Crippen MR) is 78.2 cm³/mol. The summed E-state index contributed by atoms with van der Waals surface area (Å²) in [4.78, 5) is 0. The zero-order chi connectivity index (χ0) is 15.3. The molecule has 0 heterocycles. The van der Waals surface area contributed by atoms with E-state index in [4.69, 9.17) is 21.5 Å². The minimum absolute atomic E-state index is 1.31. The van der Waals surface area contributed by atoms with E-state index in [1.165, 1.54) is 21.3 Å². The lowest BCUT2D eigenvalue weighted by atomic mass is 11.8. The fourth-order valence-corrected chi connectivity index (χ4v) is 22.0. The molecule has 0 aromatic rings. The third-order valence-electron chi connectivity index (χ3n) is 2.13. The summed E-state index contributed by atoms with van der Waals surface area (Å²) in [7, 11) is -8.83. The SMILES string of the molecule is CO[Si](OC)(OC)[Si](=O)[Si](=O)O[Si](C)(C)O[SiH](C)C. The van der Waals surface area contributed by atoms with Crippen LogP contribution in [0.2, 0.25) is 26.2 Å².